The van der Waals surface area contributed by atoms with E-state index < -0.39 is 6.04 Å². The van der Waals surface area contributed by atoms with Crippen LogP contribution in [-0.4, -0.2) is 35.4 Å². The number of benzene rings is 1. The molecule has 0 saturated carbocycles. The highest BCUT2D eigenvalue weighted by Gasteiger charge is 2.15. The van der Waals surface area contributed by atoms with Crippen molar-refractivity contribution in [3.05, 3.63) is 47.1 Å². The van der Waals surface area contributed by atoms with Crippen LogP contribution in [0.4, 0.5) is 5.82 Å². The Balaban J connectivity index is 2.04. The maximum Gasteiger partial charge on any atom is 0.244 e. The van der Waals surface area contributed by atoms with E-state index in [1.165, 1.54) is 7.11 Å². The molecule has 21 heavy (non-hydrogen) atoms. The molecule has 0 radical (unpaired) electrons. The highest BCUT2D eigenvalue weighted by Crippen LogP contribution is 2.13. The van der Waals surface area contributed by atoms with Crippen LogP contribution in [0.5, 0.6) is 0 Å². The lowest BCUT2D eigenvalue weighted by molar-refractivity contribution is -0.118. The second-order valence-corrected chi connectivity index (χ2v) is 4.99. The van der Waals surface area contributed by atoms with Gasteiger partial charge >= 0.3 is 0 Å². The van der Waals surface area contributed by atoms with Crippen molar-refractivity contribution >= 4 is 23.3 Å². The van der Waals surface area contributed by atoms with Gasteiger partial charge in [-0.05, 0) is 17.7 Å². The predicted octanol–water partition coefficient (Wildman–Crippen LogP) is 1.50. The number of nitrogens with two attached hydrogens (primary N) is 1. The zero-order valence-electron chi connectivity index (χ0n) is 11.6. The SMILES string of the molecule is COCC(N)C(=O)Nc1ccnn1Cc1ccc(Cl)cc1. The van der Waals surface area contributed by atoms with Gasteiger partial charge in [-0.2, -0.15) is 5.10 Å². The summed E-state index contributed by atoms with van der Waals surface area (Å²) in [7, 11) is 1.50. The van der Waals surface area contributed by atoms with Gasteiger partial charge in [-0.3, -0.25) is 4.79 Å². The molecule has 112 valence electrons. The maximum absolute atomic E-state index is 11.9. The van der Waals surface area contributed by atoms with Gasteiger partial charge in [0.25, 0.3) is 0 Å². The van der Waals surface area contributed by atoms with Crippen molar-refractivity contribution in [1.29, 1.82) is 0 Å². The molecule has 1 amide bonds. The summed E-state index contributed by atoms with van der Waals surface area (Å²) in [4.78, 5) is 11.9. The van der Waals surface area contributed by atoms with Crippen LogP contribution in [0.2, 0.25) is 5.02 Å². The minimum absolute atomic E-state index is 0.164. The van der Waals surface area contributed by atoms with Gasteiger partial charge in [-0.15, -0.1) is 0 Å². The number of anilines is 1. The second-order valence-electron chi connectivity index (χ2n) is 4.55. The fraction of sp³-hybridized carbons (Fsp3) is 0.286. The molecule has 0 aliphatic heterocycles. The first-order valence-electron chi connectivity index (χ1n) is 6.42. The standard InChI is InChI=1S/C14H17ClN4O2/c1-21-9-12(16)14(20)18-13-6-7-17-19(13)8-10-2-4-11(15)5-3-10/h2-7,12H,8-9,16H2,1H3,(H,18,20). The van der Waals surface area contributed by atoms with Crippen LogP contribution in [0.1, 0.15) is 5.56 Å². The van der Waals surface area contributed by atoms with Crippen LogP contribution >= 0.6 is 11.6 Å². The fourth-order valence-corrected chi connectivity index (χ4v) is 1.93. The van der Waals surface area contributed by atoms with E-state index in [4.69, 9.17) is 22.1 Å². The molecular weight excluding hydrogens is 292 g/mol. The molecule has 6 nitrogen and oxygen atoms in total. The number of aromatic nitrogens is 2. The summed E-state index contributed by atoms with van der Waals surface area (Å²) in [6.45, 7) is 0.691. The monoisotopic (exact) mass is 308 g/mol. The van der Waals surface area contributed by atoms with E-state index in [0.29, 0.717) is 17.4 Å². The number of halogens is 1. The summed E-state index contributed by atoms with van der Waals surface area (Å²) in [5.41, 5.74) is 6.71. The molecule has 0 aliphatic rings. The molecule has 1 heterocycles. The molecule has 7 heteroatoms. The predicted molar refractivity (Wildman–Crippen MR) is 81.3 cm³/mol. The Labute approximate surface area is 127 Å². The van der Waals surface area contributed by atoms with Crippen LogP contribution in [0.15, 0.2) is 36.5 Å². The summed E-state index contributed by atoms with van der Waals surface area (Å²) in [5, 5.41) is 7.61. The van der Waals surface area contributed by atoms with Gasteiger partial charge in [0.1, 0.15) is 11.9 Å². The van der Waals surface area contributed by atoms with E-state index in [1.54, 1.807) is 16.9 Å². The molecule has 0 spiro atoms. The third kappa shape index (κ3) is 4.29. The topological polar surface area (TPSA) is 82.2 Å². The number of rotatable bonds is 6. The van der Waals surface area contributed by atoms with E-state index in [1.807, 2.05) is 24.3 Å². The van der Waals surface area contributed by atoms with Crippen molar-refractivity contribution in [3.63, 3.8) is 0 Å². The largest absolute Gasteiger partial charge is 0.383 e. The first-order chi connectivity index (χ1) is 10.1. The minimum Gasteiger partial charge on any atom is -0.383 e. The Kier molecular flexibility index (Phi) is 5.32. The number of hydrogen-bond donors (Lipinski definition) is 2. The van der Waals surface area contributed by atoms with Gasteiger partial charge in [-0.1, -0.05) is 23.7 Å². The number of carbonyl (C=O) groups excluding carboxylic acids is 1. The summed E-state index contributed by atoms with van der Waals surface area (Å²) < 4.78 is 6.54. The molecular formula is C14H17ClN4O2. The number of amides is 1. The molecule has 1 atom stereocenters. The molecule has 0 fully saturated rings. The molecule has 1 aromatic heterocycles. The lowest BCUT2D eigenvalue weighted by Gasteiger charge is -2.12. The van der Waals surface area contributed by atoms with Crippen molar-refractivity contribution in [2.75, 3.05) is 19.0 Å². The van der Waals surface area contributed by atoms with Crippen molar-refractivity contribution < 1.29 is 9.53 Å². The molecule has 2 aromatic rings. The Hall–Kier alpha value is -1.89. The molecule has 0 bridgehead atoms. The Bertz CT molecular complexity index is 597. The van der Waals surface area contributed by atoms with Gasteiger partial charge in [0, 0.05) is 18.2 Å². The highest BCUT2D eigenvalue weighted by molar-refractivity contribution is 6.30. The third-order valence-corrected chi connectivity index (χ3v) is 3.15. The summed E-state index contributed by atoms with van der Waals surface area (Å²) in [6.07, 6.45) is 1.62. The zero-order chi connectivity index (χ0) is 15.2. The van der Waals surface area contributed by atoms with Crippen molar-refractivity contribution in [2.24, 2.45) is 5.73 Å². The molecule has 3 N–H and O–H groups in total. The van der Waals surface area contributed by atoms with Crippen molar-refractivity contribution in [3.8, 4) is 0 Å². The smallest absolute Gasteiger partial charge is 0.244 e. The quantitative estimate of drug-likeness (QED) is 0.847. The van der Waals surface area contributed by atoms with E-state index in [-0.39, 0.29) is 12.5 Å². The Morgan fingerprint density at radius 3 is 2.81 bits per heavy atom. The van der Waals surface area contributed by atoms with Gasteiger partial charge in [0.15, 0.2) is 0 Å². The van der Waals surface area contributed by atoms with E-state index >= 15 is 0 Å². The molecule has 2 rings (SSSR count). The summed E-state index contributed by atoms with van der Waals surface area (Å²) >= 11 is 5.85. The number of nitrogens with one attached hydrogen (secondary N) is 1. The van der Waals surface area contributed by atoms with Crippen molar-refractivity contribution in [1.82, 2.24) is 9.78 Å². The molecule has 1 aromatic carbocycles. The van der Waals surface area contributed by atoms with Crippen LogP contribution in [0.3, 0.4) is 0 Å². The fourth-order valence-electron chi connectivity index (χ4n) is 1.80. The van der Waals surface area contributed by atoms with E-state index in [2.05, 4.69) is 10.4 Å². The van der Waals surface area contributed by atoms with Crippen LogP contribution < -0.4 is 11.1 Å². The number of nitrogens with zero attached hydrogens (tertiary/aromatic N) is 2. The van der Waals surface area contributed by atoms with Crippen LogP contribution in [-0.2, 0) is 16.1 Å². The van der Waals surface area contributed by atoms with Gasteiger partial charge in [-0.25, -0.2) is 4.68 Å². The summed E-state index contributed by atoms with van der Waals surface area (Å²) in [5.74, 6) is 0.274. The zero-order valence-corrected chi connectivity index (χ0v) is 12.4. The average Bonchev–Trinajstić information content (AvgIpc) is 2.89. The van der Waals surface area contributed by atoms with Crippen LogP contribution in [0.25, 0.3) is 0 Å². The normalized spacial score (nSPS) is 12.1. The maximum atomic E-state index is 11.9. The number of hydrogen-bond acceptors (Lipinski definition) is 4. The number of methoxy groups -OCH3 is 1. The average molecular weight is 309 g/mol. The third-order valence-electron chi connectivity index (χ3n) is 2.90. The highest BCUT2D eigenvalue weighted by atomic mass is 35.5. The molecule has 0 saturated heterocycles. The Morgan fingerprint density at radius 1 is 1.43 bits per heavy atom. The second kappa shape index (κ2) is 7.21. The van der Waals surface area contributed by atoms with E-state index in [0.717, 1.165) is 5.56 Å². The van der Waals surface area contributed by atoms with Gasteiger partial charge in [0.05, 0.1) is 19.3 Å². The minimum atomic E-state index is -0.714. The first-order valence-corrected chi connectivity index (χ1v) is 6.79. The lowest BCUT2D eigenvalue weighted by Crippen LogP contribution is -2.39. The first kappa shape index (κ1) is 15.5. The Morgan fingerprint density at radius 2 is 2.14 bits per heavy atom. The lowest BCUT2D eigenvalue weighted by atomic mass is 10.2. The van der Waals surface area contributed by atoms with E-state index in [9.17, 15) is 4.79 Å². The van der Waals surface area contributed by atoms with Gasteiger partial charge < -0.3 is 15.8 Å². The summed E-state index contributed by atoms with van der Waals surface area (Å²) in [6, 6.07) is 8.44. The van der Waals surface area contributed by atoms with Gasteiger partial charge in [0.2, 0.25) is 5.91 Å². The van der Waals surface area contributed by atoms with Crippen LogP contribution in [0, 0.1) is 0 Å². The molecule has 1 unspecified atom stereocenters. The number of ether oxygens (including phenoxy) is 1. The number of carbonyl (C=O) groups is 1. The molecule has 0 aliphatic carbocycles. The van der Waals surface area contributed by atoms with Crippen molar-refractivity contribution in [2.45, 2.75) is 12.6 Å².